The van der Waals surface area contributed by atoms with Gasteiger partial charge in [0, 0.05) is 4.90 Å². The molecule has 1 aromatic carbocycles. The summed E-state index contributed by atoms with van der Waals surface area (Å²) in [6, 6.07) is 6.87. The molecular formula is C7H7O2S-. The van der Waals surface area contributed by atoms with Crippen LogP contribution in [0.3, 0.4) is 0 Å². The van der Waals surface area contributed by atoms with Crippen LogP contribution in [-0.4, -0.2) is 8.76 Å². The highest BCUT2D eigenvalue weighted by atomic mass is 32.2. The standard InChI is InChI=1S/C7H8O2S/c1-6-4-2-3-5-7(6)10(8)9/h2-5H,1H3,(H,8,9)/p-1. The third-order valence-corrected chi connectivity index (χ3v) is 2.09. The van der Waals surface area contributed by atoms with E-state index < -0.39 is 11.1 Å². The lowest BCUT2D eigenvalue weighted by Gasteiger charge is -2.06. The van der Waals surface area contributed by atoms with Crippen LogP contribution in [0.4, 0.5) is 0 Å². The molecule has 0 aliphatic heterocycles. The highest BCUT2D eigenvalue weighted by Crippen LogP contribution is 2.09. The molecule has 1 atom stereocenters. The van der Waals surface area contributed by atoms with E-state index in [-0.39, 0.29) is 0 Å². The largest absolute Gasteiger partial charge is 0.768 e. The molecule has 0 saturated heterocycles. The predicted molar refractivity (Wildman–Crippen MR) is 38.4 cm³/mol. The molecule has 54 valence electrons. The summed E-state index contributed by atoms with van der Waals surface area (Å²) in [5.41, 5.74) is 0.788. The maximum atomic E-state index is 10.4. The Morgan fingerprint density at radius 3 is 2.40 bits per heavy atom. The molecule has 0 aromatic heterocycles. The van der Waals surface area contributed by atoms with Crippen LogP contribution in [0.1, 0.15) is 5.56 Å². The minimum atomic E-state index is -2.09. The van der Waals surface area contributed by atoms with Crippen molar-refractivity contribution in [2.75, 3.05) is 0 Å². The Balaban J connectivity index is 3.15. The van der Waals surface area contributed by atoms with Crippen molar-refractivity contribution in [1.29, 1.82) is 0 Å². The Morgan fingerprint density at radius 1 is 1.40 bits per heavy atom. The molecule has 0 aliphatic carbocycles. The van der Waals surface area contributed by atoms with Gasteiger partial charge in [0.25, 0.3) is 0 Å². The fraction of sp³-hybridized carbons (Fsp3) is 0.143. The molecule has 0 radical (unpaired) electrons. The lowest BCUT2D eigenvalue weighted by molar-refractivity contribution is 0.536. The summed E-state index contributed by atoms with van der Waals surface area (Å²) in [5.74, 6) is 0. The van der Waals surface area contributed by atoms with Crippen molar-refractivity contribution < 1.29 is 8.76 Å². The molecule has 10 heavy (non-hydrogen) atoms. The second-order valence-corrected chi connectivity index (χ2v) is 2.91. The summed E-state index contributed by atoms with van der Waals surface area (Å²) < 4.78 is 20.8. The third-order valence-electron chi connectivity index (χ3n) is 1.27. The van der Waals surface area contributed by atoms with E-state index in [0.29, 0.717) is 4.90 Å². The lowest BCUT2D eigenvalue weighted by Crippen LogP contribution is -1.90. The minimum Gasteiger partial charge on any atom is -0.768 e. The first-order chi connectivity index (χ1) is 4.72. The van der Waals surface area contributed by atoms with E-state index >= 15 is 0 Å². The molecule has 1 unspecified atom stereocenters. The van der Waals surface area contributed by atoms with E-state index in [1.165, 1.54) is 0 Å². The first-order valence-corrected chi connectivity index (χ1v) is 3.94. The zero-order chi connectivity index (χ0) is 7.56. The number of hydrogen-bond acceptors (Lipinski definition) is 2. The van der Waals surface area contributed by atoms with E-state index in [1.54, 1.807) is 25.1 Å². The molecule has 0 fully saturated rings. The fourth-order valence-corrected chi connectivity index (χ4v) is 1.26. The Hall–Kier alpha value is -0.670. The molecule has 3 heteroatoms. The normalized spacial score (nSPS) is 13.0. The van der Waals surface area contributed by atoms with Crippen molar-refractivity contribution in [3.63, 3.8) is 0 Å². The molecule has 0 saturated carbocycles. The molecule has 1 aromatic rings. The van der Waals surface area contributed by atoms with Crippen LogP contribution in [0.2, 0.25) is 0 Å². The van der Waals surface area contributed by atoms with Crippen molar-refractivity contribution in [2.45, 2.75) is 11.8 Å². The highest BCUT2D eigenvalue weighted by molar-refractivity contribution is 7.79. The smallest absolute Gasteiger partial charge is 0.0277 e. The summed E-state index contributed by atoms with van der Waals surface area (Å²) in [4.78, 5) is 0.377. The van der Waals surface area contributed by atoms with Gasteiger partial charge in [0.2, 0.25) is 0 Å². The van der Waals surface area contributed by atoms with E-state index in [1.807, 2.05) is 6.07 Å². The molecule has 0 N–H and O–H groups in total. The zero-order valence-corrected chi connectivity index (χ0v) is 6.35. The van der Waals surface area contributed by atoms with Crippen LogP contribution in [0.5, 0.6) is 0 Å². The number of rotatable bonds is 1. The maximum Gasteiger partial charge on any atom is 0.0277 e. The zero-order valence-electron chi connectivity index (χ0n) is 5.53. The van der Waals surface area contributed by atoms with E-state index in [9.17, 15) is 8.76 Å². The average Bonchev–Trinajstić information content (AvgIpc) is 1.88. The number of hydrogen-bond donors (Lipinski definition) is 0. The first-order valence-electron chi connectivity index (χ1n) is 2.86. The van der Waals surface area contributed by atoms with Crippen molar-refractivity contribution in [1.82, 2.24) is 0 Å². The molecule has 0 spiro atoms. The van der Waals surface area contributed by atoms with Gasteiger partial charge in [-0.15, -0.1) is 0 Å². The Kier molecular flexibility index (Phi) is 2.19. The summed E-state index contributed by atoms with van der Waals surface area (Å²) in [7, 11) is 0. The van der Waals surface area contributed by atoms with Gasteiger partial charge < -0.3 is 4.55 Å². The topological polar surface area (TPSA) is 40.1 Å². The highest BCUT2D eigenvalue weighted by Gasteiger charge is 1.93. The summed E-state index contributed by atoms with van der Waals surface area (Å²) in [6.07, 6.45) is 0. The van der Waals surface area contributed by atoms with Crippen molar-refractivity contribution in [3.05, 3.63) is 29.8 Å². The SMILES string of the molecule is Cc1ccccc1S(=O)[O-]. The fourth-order valence-electron chi connectivity index (χ4n) is 0.743. The van der Waals surface area contributed by atoms with Gasteiger partial charge in [-0.2, -0.15) is 0 Å². The lowest BCUT2D eigenvalue weighted by atomic mass is 10.2. The first kappa shape index (κ1) is 7.44. The molecule has 2 nitrogen and oxygen atoms in total. The Bertz CT molecular complexity index is 258. The predicted octanol–water partition coefficient (Wildman–Crippen LogP) is 1.23. The van der Waals surface area contributed by atoms with Crippen LogP contribution in [0.15, 0.2) is 29.2 Å². The Labute approximate surface area is 62.2 Å². The summed E-state index contributed by atoms with van der Waals surface area (Å²) in [5, 5.41) is 0. The van der Waals surface area contributed by atoms with Crippen LogP contribution in [-0.2, 0) is 11.1 Å². The summed E-state index contributed by atoms with van der Waals surface area (Å²) >= 11 is -2.09. The second kappa shape index (κ2) is 2.94. The molecule has 0 aliphatic rings. The van der Waals surface area contributed by atoms with Crippen LogP contribution < -0.4 is 0 Å². The van der Waals surface area contributed by atoms with Gasteiger partial charge in [0.15, 0.2) is 0 Å². The molecule has 1 rings (SSSR count). The van der Waals surface area contributed by atoms with Crippen LogP contribution in [0.25, 0.3) is 0 Å². The van der Waals surface area contributed by atoms with Gasteiger partial charge in [-0.1, -0.05) is 18.2 Å². The molecule has 0 amide bonds. The van der Waals surface area contributed by atoms with Crippen molar-refractivity contribution >= 4 is 11.1 Å². The maximum absolute atomic E-state index is 10.4. The minimum absolute atomic E-state index is 0.377. The van der Waals surface area contributed by atoms with Gasteiger partial charge in [0.05, 0.1) is 0 Å². The van der Waals surface area contributed by atoms with Crippen molar-refractivity contribution in [2.24, 2.45) is 0 Å². The number of aryl methyl sites for hydroxylation is 1. The average molecular weight is 155 g/mol. The molecular weight excluding hydrogens is 148 g/mol. The molecule has 0 heterocycles. The van der Waals surface area contributed by atoms with Gasteiger partial charge in [-0.3, -0.25) is 4.21 Å². The number of benzene rings is 1. The molecule has 0 bridgehead atoms. The monoisotopic (exact) mass is 155 g/mol. The van der Waals surface area contributed by atoms with E-state index in [4.69, 9.17) is 0 Å². The van der Waals surface area contributed by atoms with E-state index in [0.717, 1.165) is 5.56 Å². The van der Waals surface area contributed by atoms with E-state index in [2.05, 4.69) is 0 Å². The van der Waals surface area contributed by atoms with Crippen molar-refractivity contribution in [3.8, 4) is 0 Å². The van der Waals surface area contributed by atoms with Crippen LogP contribution in [0, 0.1) is 6.92 Å². The Morgan fingerprint density at radius 2 is 2.00 bits per heavy atom. The van der Waals surface area contributed by atoms with Gasteiger partial charge in [0.1, 0.15) is 0 Å². The second-order valence-electron chi connectivity index (χ2n) is 2.00. The van der Waals surface area contributed by atoms with Crippen LogP contribution >= 0.6 is 0 Å². The summed E-state index contributed by atoms with van der Waals surface area (Å²) in [6.45, 7) is 1.77. The van der Waals surface area contributed by atoms with Gasteiger partial charge in [-0.25, -0.2) is 0 Å². The van der Waals surface area contributed by atoms with Gasteiger partial charge in [-0.05, 0) is 29.6 Å². The third kappa shape index (κ3) is 1.43. The van der Waals surface area contributed by atoms with Gasteiger partial charge >= 0.3 is 0 Å². The quantitative estimate of drug-likeness (QED) is 0.572.